The number of likely N-dealkylation sites (tertiary alicyclic amines) is 1. The third-order valence-electron chi connectivity index (χ3n) is 4.12. The van der Waals surface area contributed by atoms with Gasteiger partial charge < -0.3 is 10.2 Å². The van der Waals surface area contributed by atoms with Crippen LogP contribution in [0.3, 0.4) is 0 Å². The van der Waals surface area contributed by atoms with Gasteiger partial charge in [-0.2, -0.15) is 0 Å². The van der Waals surface area contributed by atoms with Gasteiger partial charge >= 0.3 is 0 Å². The van der Waals surface area contributed by atoms with Crippen molar-refractivity contribution in [2.24, 2.45) is 5.41 Å². The zero-order valence-electron chi connectivity index (χ0n) is 9.90. The van der Waals surface area contributed by atoms with E-state index < -0.39 is 0 Å². The Morgan fingerprint density at radius 2 is 1.93 bits per heavy atom. The summed E-state index contributed by atoms with van der Waals surface area (Å²) >= 11 is 0. The van der Waals surface area contributed by atoms with E-state index in [4.69, 9.17) is 0 Å². The van der Waals surface area contributed by atoms with E-state index in [2.05, 4.69) is 31.1 Å². The summed E-state index contributed by atoms with van der Waals surface area (Å²) in [7, 11) is 2.13. The Kier molecular flexibility index (Phi) is 2.61. The lowest BCUT2D eigenvalue weighted by molar-refractivity contribution is 0.125. The van der Waals surface area contributed by atoms with Gasteiger partial charge in [0.15, 0.2) is 0 Å². The number of nitrogens with one attached hydrogen (secondary N) is 1. The third-order valence-corrected chi connectivity index (χ3v) is 4.12. The molecule has 1 N–H and O–H groups in total. The van der Waals surface area contributed by atoms with Crippen LogP contribution in [0.2, 0.25) is 0 Å². The zero-order chi connectivity index (χ0) is 10.2. The molecule has 2 nitrogen and oxygen atoms in total. The highest BCUT2D eigenvalue weighted by molar-refractivity contribution is 4.99. The van der Waals surface area contributed by atoms with Crippen molar-refractivity contribution in [2.45, 2.75) is 45.1 Å². The molecule has 82 valence electrons. The van der Waals surface area contributed by atoms with Crippen LogP contribution in [0.1, 0.15) is 39.5 Å². The predicted molar refractivity (Wildman–Crippen MR) is 60.5 cm³/mol. The molecule has 1 aliphatic heterocycles. The fourth-order valence-corrected chi connectivity index (χ4v) is 2.88. The number of nitrogens with zero attached hydrogens (tertiary/aromatic N) is 1. The lowest BCUT2D eigenvalue weighted by Gasteiger charge is -2.44. The van der Waals surface area contributed by atoms with Crippen molar-refractivity contribution in [1.82, 2.24) is 10.2 Å². The van der Waals surface area contributed by atoms with Crippen LogP contribution in [0.25, 0.3) is 0 Å². The molecular formula is C12H24N2. The first-order valence-electron chi connectivity index (χ1n) is 5.97. The summed E-state index contributed by atoms with van der Waals surface area (Å²) < 4.78 is 0. The van der Waals surface area contributed by atoms with E-state index in [1.807, 2.05) is 0 Å². The molecule has 0 aromatic heterocycles. The number of rotatable bonds is 3. The van der Waals surface area contributed by atoms with E-state index in [1.54, 1.807) is 0 Å². The molecule has 1 saturated carbocycles. The highest BCUT2D eigenvalue weighted by atomic mass is 15.2. The molecule has 0 radical (unpaired) electrons. The van der Waals surface area contributed by atoms with Crippen LogP contribution in [0, 0.1) is 5.41 Å². The molecule has 0 aromatic rings. The van der Waals surface area contributed by atoms with Gasteiger partial charge in [-0.15, -0.1) is 0 Å². The molecule has 0 amide bonds. The molecule has 2 fully saturated rings. The second kappa shape index (κ2) is 3.49. The second-order valence-corrected chi connectivity index (χ2v) is 6.01. The molecule has 2 aliphatic rings. The average Bonchev–Trinajstić information content (AvgIpc) is 2.38. The summed E-state index contributed by atoms with van der Waals surface area (Å²) in [5.41, 5.74) is 1.03. The zero-order valence-corrected chi connectivity index (χ0v) is 9.90. The quantitative estimate of drug-likeness (QED) is 0.741. The first-order valence-corrected chi connectivity index (χ1v) is 5.97. The maximum Gasteiger partial charge on any atom is 0.0306 e. The number of hydrogen-bond acceptors (Lipinski definition) is 2. The number of hydrogen-bond donors (Lipinski definition) is 1. The van der Waals surface area contributed by atoms with Gasteiger partial charge in [-0.3, -0.25) is 0 Å². The molecule has 0 atom stereocenters. The van der Waals surface area contributed by atoms with Gasteiger partial charge in [-0.25, -0.2) is 0 Å². The van der Waals surface area contributed by atoms with Crippen molar-refractivity contribution < 1.29 is 0 Å². The molecule has 2 heteroatoms. The van der Waals surface area contributed by atoms with Gasteiger partial charge in [0, 0.05) is 18.6 Å². The van der Waals surface area contributed by atoms with Crippen LogP contribution < -0.4 is 5.32 Å². The van der Waals surface area contributed by atoms with Crippen LogP contribution in [-0.4, -0.2) is 37.1 Å². The van der Waals surface area contributed by atoms with E-state index >= 15 is 0 Å². The first-order chi connectivity index (χ1) is 6.55. The normalized spacial score (nSPS) is 30.2. The van der Waals surface area contributed by atoms with Crippen LogP contribution in [0.15, 0.2) is 0 Å². The molecule has 1 saturated heterocycles. The minimum absolute atomic E-state index is 0.473. The topological polar surface area (TPSA) is 15.3 Å². The van der Waals surface area contributed by atoms with Crippen LogP contribution >= 0.6 is 0 Å². The SMILES string of the molecule is CNC1(CN2CCC(C)(C)C2)CCC1. The van der Waals surface area contributed by atoms with E-state index in [0.717, 1.165) is 0 Å². The molecule has 0 spiro atoms. The molecule has 2 rings (SSSR count). The van der Waals surface area contributed by atoms with E-state index in [-0.39, 0.29) is 0 Å². The Balaban J connectivity index is 1.86. The average molecular weight is 196 g/mol. The highest BCUT2D eigenvalue weighted by Gasteiger charge is 2.39. The smallest absolute Gasteiger partial charge is 0.0306 e. The van der Waals surface area contributed by atoms with E-state index in [0.29, 0.717) is 11.0 Å². The van der Waals surface area contributed by atoms with Gasteiger partial charge in [-0.05, 0) is 44.7 Å². The third kappa shape index (κ3) is 1.96. The molecule has 0 aromatic carbocycles. The fraction of sp³-hybridized carbons (Fsp3) is 1.00. The minimum Gasteiger partial charge on any atom is -0.313 e. The molecule has 0 unspecified atom stereocenters. The molecule has 14 heavy (non-hydrogen) atoms. The number of likely N-dealkylation sites (N-methyl/N-ethyl adjacent to an activating group) is 1. The maximum absolute atomic E-state index is 3.53. The van der Waals surface area contributed by atoms with Gasteiger partial charge in [-0.1, -0.05) is 13.8 Å². The van der Waals surface area contributed by atoms with Crippen molar-refractivity contribution in [2.75, 3.05) is 26.7 Å². The molecule has 1 aliphatic carbocycles. The van der Waals surface area contributed by atoms with E-state index in [9.17, 15) is 0 Å². The van der Waals surface area contributed by atoms with Gasteiger partial charge in [0.25, 0.3) is 0 Å². The lowest BCUT2D eigenvalue weighted by atomic mass is 9.76. The Bertz CT molecular complexity index is 201. The van der Waals surface area contributed by atoms with Crippen LogP contribution in [0.4, 0.5) is 0 Å². The standard InChI is InChI=1S/C12H24N2/c1-11(2)7-8-14(9-11)10-12(13-3)5-4-6-12/h13H,4-10H2,1-3H3. The van der Waals surface area contributed by atoms with Crippen LogP contribution in [-0.2, 0) is 0 Å². The monoisotopic (exact) mass is 196 g/mol. The molecule has 0 bridgehead atoms. The fourth-order valence-electron chi connectivity index (χ4n) is 2.88. The molecule has 1 heterocycles. The maximum atomic E-state index is 3.53. The Morgan fingerprint density at radius 1 is 1.21 bits per heavy atom. The summed E-state index contributed by atoms with van der Waals surface area (Å²) in [6, 6.07) is 0. The summed E-state index contributed by atoms with van der Waals surface area (Å²) in [6.45, 7) is 8.64. The van der Waals surface area contributed by atoms with Crippen molar-refractivity contribution in [3.63, 3.8) is 0 Å². The van der Waals surface area contributed by atoms with Gasteiger partial charge in [0.05, 0.1) is 0 Å². The summed E-state index contributed by atoms with van der Waals surface area (Å²) in [5, 5.41) is 3.53. The second-order valence-electron chi connectivity index (χ2n) is 6.01. The van der Waals surface area contributed by atoms with Crippen LogP contribution in [0.5, 0.6) is 0 Å². The lowest BCUT2D eigenvalue weighted by Crippen LogP contribution is -2.56. The van der Waals surface area contributed by atoms with Crippen molar-refractivity contribution >= 4 is 0 Å². The Morgan fingerprint density at radius 3 is 2.29 bits per heavy atom. The summed E-state index contributed by atoms with van der Waals surface area (Å²) in [6.07, 6.45) is 5.53. The van der Waals surface area contributed by atoms with Crippen molar-refractivity contribution in [3.8, 4) is 0 Å². The highest BCUT2D eigenvalue weighted by Crippen LogP contribution is 2.35. The summed E-state index contributed by atoms with van der Waals surface area (Å²) in [5.74, 6) is 0. The Hall–Kier alpha value is -0.0800. The molecular weight excluding hydrogens is 172 g/mol. The summed E-state index contributed by atoms with van der Waals surface area (Å²) in [4.78, 5) is 2.65. The van der Waals surface area contributed by atoms with Crippen molar-refractivity contribution in [3.05, 3.63) is 0 Å². The van der Waals surface area contributed by atoms with Crippen molar-refractivity contribution in [1.29, 1.82) is 0 Å². The minimum atomic E-state index is 0.473. The largest absolute Gasteiger partial charge is 0.313 e. The predicted octanol–water partition coefficient (Wildman–Crippen LogP) is 1.86. The van der Waals surface area contributed by atoms with E-state index in [1.165, 1.54) is 45.3 Å². The Labute approximate surface area is 88.1 Å². The first kappa shape index (κ1) is 10.4. The van der Waals surface area contributed by atoms with Gasteiger partial charge in [0.1, 0.15) is 0 Å². The van der Waals surface area contributed by atoms with Gasteiger partial charge in [0.2, 0.25) is 0 Å².